The number of rotatable bonds is 5. The first-order chi connectivity index (χ1) is 10.4. The number of benzene rings is 3. The normalized spacial score (nSPS) is 10.9. The minimum atomic E-state index is 0.0612. The summed E-state index contributed by atoms with van der Waals surface area (Å²) >= 11 is 0. The molecular weight excluding hydrogens is 260 g/mol. The number of hydrogen-bond donors (Lipinski definition) is 1. The number of hydrogen-bond acceptors (Lipinski definition) is 2. The van der Waals surface area contributed by atoms with Crippen molar-refractivity contribution >= 4 is 10.8 Å². The van der Waals surface area contributed by atoms with E-state index in [1.165, 1.54) is 5.56 Å². The lowest BCUT2D eigenvalue weighted by molar-refractivity contribution is 0.108. The zero-order valence-corrected chi connectivity index (χ0v) is 11.8. The average Bonchev–Trinajstić information content (AvgIpc) is 2.56. The summed E-state index contributed by atoms with van der Waals surface area (Å²) in [5.74, 6) is 0. The van der Waals surface area contributed by atoms with Gasteiger partial charge in [0.2, 0.25) is 0 Å². The molecule has 0 bridgehead atoms. The van der Waals surface area contributed by atoms with Crippen LogP contribution in [-0.4, -0.2) is 5.11 Å². The molecule has 0 radical (unpaired) electrons. The number of aliphatic hydroxyl groups is 1. The van der Waals surface area contributed by atoms with E-state index in [1.807, 2.05) is 48.5 Å². The fraction of sp³-hybridized carbons (Fsp3) is 0.158. The second-order valence-electron chi connectivity index (χ2n) is 5.07. The van der Waals surface area contributed by atoms with E-state index in [0.29, 0.717) is 13.2 Å². The topological polar surface area (TPSA) is 29.5 Å². The van der Waals surface area contributed by atoms with Crippen LogP contribution in [0.5, 0.6) is 0 Å². The van der Waals surface area contributed by atoms with Gasteiger partial charge in [0.1, 0.15) is 0 Å². The van der Waals surface area contributed by atoms with Crippen LogP contribution < -0.4 is 0 Å². The standard InChI is InChI=1S/C19H18O2/c20-12-16-10-11-17(19-9-5-4-8-18(16)19)14-21-13-15-6-2-1-3-7-15/h1-11,20H,12-14H2. The molecule has 0 aliphatic rings. The summed E-state index contributed by atoms with van der Waals surface area (Å²) in [5.41, 5.74) is 3.28. The van der Waals surface area contributed by atoms with Gasteiger partial charge in [0.25, 0.3) is 0 Å². The first-order valence-electron chi connectivity index (χ1n) is 7.10. The summed E-state index contributed by atoms with van der Waals surface area (Å²) in [5, 5.41) is 11.7. The molecule has 0 aromatic heterocycles. The van der Waals surface area contributed by atoms with E-state index in [1.54, 1.807) is 0 Å². The third-order valence-corrected chi connectivity index (χ3v) is 3.64. The number of aliphatic hydroxyl groups excluding tert-OH is 1. The predicted octanol–water partition coefficient (Wildman–Crippen LogP) is 4.05. The fourth-order valence-corrected chi connectivity index (χ4v) is 2.54. The van der Waals surface area contributed by atoms with Crippen LogP contribution in [0.3, 0.4) is 0 Å². The van der Waals surface area contributed by atoms with Crippen molar-refractivity contribution in [3.63, 3.8) is 0 Å². The lowest BCUT2D eigenvalue weighted by Crippen LogP contribution is -1.96. The minimum absolute atomic E-state index is 0.0612. The van der Waals surface area contributed by atoms with Crippen LogP contribution in [0.15, 0.2) is 66.7 Å². The van der Waals surface area contributed by atoms with Crippen molar-refractivity contribution in [3.05, 3.63) is 83.4 Å². The highest BCUT2D eigenvalue weighted by atomic mass is 16.5. The van der Waals surface area contributed by atoms with E-state index in [-0.39, 0.29) is 6.61 Å². The average molecular weight is 278 g/mol. The van der Waals surface area contributed by atoms with E-state index in [0.717, 1.165) is 21.9 Å². The maximum atomic E-state index is 9.42. The van der Waals surface area contributed by atoms with Gasteiger partial charge in [0.05, 0.1) is 19.8 Å². The molecule has 1 N–H and O–H groups in total. The van der Waals surface area contributed by atoms with Crippen LogP contribution in [0.25, 0.3) is 10.8 Å². The Morgan fingerprint density at radius 2 is 1.29 bits per heavy atom. The molecule has 21 heavy (non-hydrogen) atoms. The Morgan fingerprint density at radius 3 is 2.00 bits per heavy atom. The van der Waals surface area contributed by atoms with Gasteiger partial charge in [0, 0.05) is 0 Å². The highest BCUT2D eigenvalue weighted by Crippen LogP contribution is 2.23. The van der Waals surface area contributed by atoms with Crippen LogP contribution >= 0.6 is 0 Å². The molecule has 0 unspecified atom stereocenters. The Kier molecular flexibility index (Phi) is 4.29. The molecule has 0 amide bonds. The van der Waals surface area contributed by atoms with Crippen molar-refractivity contribution in [2.75, 3.05) is 0 Å². The summed E-state index contributed by atoms with van der Waals surface area (Å²) in [6.45, 7) is 1.24. The Hall–Kier alpha value is -2.16. The quantitative estimate of drug-likeness (QED) is 0.763. The van der Waals surface area contributed by atoms with Gasteiger partial charge in [-0.2, -0.15) is 0 Å². The molecular formula is C19H18O2. The summed E-state index contributed by atoms with van der Waals surface area (Å²) in [6.07, 6.45) is 0. The fourth-order valence-electron chi connectivity index (χ4n) is 2.54. The zero-order chi connectivity index (χ0) is 14.5. The molecule has 3 aromatic rings. The number of fused-ring (bicyclic) bond motifs is 1. The lowest BCUT2D eigenvalue weighted by Gasteiger charge is -2.10. The van der Waals surface area contributed by atoms with Crippen molar-refractivity contribution in [1.29, 1.82) is 0 Å². The highest BCUT2D eigenvalue weighted by Gasteiger charge is 2.05. The highest BCUT2D eigenvalue weighted by molar-refractivity contribution is 5.88. The first kappa shape index (κ1) is 13.8. The molecule has 0 aliphatic heterocycles. The Morgan fingerprint density at radius 1 is 0.667 bits per heavy atom. The first-order valence-corrected chi connectivity index (χ1v) is 7.10. The van der Waals surface area contributed by atoms with Gasteiger partial charge in [-0.1, -0.05) is 66.7 Å². The minimum Gasteiger partial charge on any atom is -0.392 e. The Labute approximate surface area is 124 Å². The molecule has 3 aromatic carbocycles. The van der Waals surface area contributed by atoms with Crippen LogP contribution in [0, 0.1) is 0 Å². The number of ether oxygens (including phenoxy) is 1. The maximum absolute atomic E-state index is 9.42. The van der Waals surface area contributed by atoms with E-state index in [9.17, 15) is 5.11 Å². The van der Waals surface area contributed by atoms with Crippen molar-refractivity contribution in [2.24, 2.45) is 0 Å². The molecule has 0 spiro atoms. The van der Waals surface area contributed by atoms with Gasteiger partial charge >= 0.3 is 0 Å². The van der Waals surface area contributed by atoms with E-state index in [2.05, 4.69) is 18.2 Å². The Bertz CT molecular complexity index is 720. The molecule has 2 heteroatoms. The molecule has 106 valence electrons. The molecule has 0 saturated heterocycles. The largest absolute Gasteiger partial charge is 0.392 e. The molecule has 3 rings (SSSR count). The molecule has 0 heterocycles. The van der Waals surface area contributed by atoms with Crippen molar-refractivity contribution in [1.82, 2.24) is 0 Å². The maximum Gasteiger partial charge on any atom is 0.0727 e. The Balaban J connectivity index is 1.78. The predicted molar refractivity (Wildman–Crippen MR) is 84.8 cm³/mol. The second kappa shape index (κ2) is 6.53. The van der Waals surface area contributed by atoms with Gasteiger partial charge in [-0.15, -0.1) is 0 Å². The third-order valence-electron chi connectivity index (χ3n) is 3.64. The third kappa shape index (κ3) is 3.13. The van der Waals surface area contributed by atoms with Crippen LogP contribution in [0.4, 0.5) is 0 Å². The summed E-state index contributed by atoms with van der Waals surface area (Å²) in [4.78, 5) is 0. The lowest BCUT2D eigenvalue weighted by atomic mass is 10.0. The molecule has 2 nitrogen and oxygen atoms in total. The van der Waals surface area contributed by atoms with Crippen molar-refractivity contribution in [3.8, 4) is 0 Å². The van der Waals surface area contributed by atoms with Gasteiger partial charge in [-0.3, -0.25) is 0 Å². The SMILES string of the molecule is OCc1ccc(COCc2ccccc2)c2ccccc12. The van der Waals surface area contributed by atoms with Crippen LogP contribution in [0.1, 0.15) is 16.7 Å². The van der Waals surface area contributed by atoms with Gasteiger partial charge in [-0.25, -0.2) is 0 Å². The molecule has 0 atom stereocenters. The summed E-state index contributed by atoms with van der Waals surface area (Å²) < 4.78 is 5.82. The van der Waals surface area contributed by atoms with Gasteiger partial charge in [-0.05, 0) is 27.5 Å². The van der Waals surface area contributed by atoms with E-state index in [4.69, 9.17) is 4.74 Å². The van der Waals surface area contributed by atoms with Crippen molar-refractivity contribution in [2.45, 2.75) is 19.8 Å². The van der Waals surface area contributed by atoms with E-state index >= 15 is 0 Å². The zero-order valence-electron chi connectivity index (χ0n) is 11.8. The van der Waals surface area contributed by atoms with Gasteiger partial charge < -0.3 is 9.84 Å². The molecule has 0 saturated carbocycles. The van der Waals surface area contributed by atoms with Crippen molar-refractivity contribution < 1.29 is 9.84 Å². The second-order valence-corrected chi connectivity index (χ2v) is 5.07. The summed E-state index contributed by atoms with van der Waals surface area (Å²) in [6, 6.07) is 22.3. The van der Waals surface area contributed by atoms with Crippen LogP contribution in [-0.2, 0) is 24.6 Å². The summed E-state index contributed by atoms with van der Waals surface area (Å²) in [7, 11) is 0. The monoisotopic (exact) mass is 278 g/mol. The molecule has 0 fully saturated rings. The smallest absolute Gasteiger partial charge is 0.0727 e. The van der Waals surface area contributed by atoms with Gasteiger partial charge in [0.15, 0.2) is 0 Å². The molecule has 0 aliphatic carbocycles. The van der Waals surface area contributed by atoms with E-state index < -0.39 is 0 Å². The van der Waals surface area contributed by atoms with Crippen LogP contribution in [0.2, 0.25) is 0 Å².